The van der Waals surface area contributed by atoms with Crippen LogP contribution in [0.3, 0.4) is 0 Å². The SMILES string of the molecule is COc1ccc2c3c1O[C@@H]1C(OC(=O)C[C@H](CC(=O)[C@H](O)[C@@H](O)C(=O)O)C(=O)O[C@@H](C)C(=O)O)=CC[C@]4(O)[C@@H](CCC[C@@]314)C2. The van der Waals surface area contributed by atoms with Crippen molar-refractivity contribution in [3.05, 3.63) is 35.1 Å². The number of aliphatic hydroxyl groups excluding tert-OH is 2. The van der Waals surface area contributed by atoms with Gasteiger partial charge in [-0.2, -0.15) is 0 Å². The zero-order chi connectivity index (χ0) is 32.1. The summed E-state index contributed by atoms with van der Waals surface area (Å²) >= 11 is 0. The molecule has 0 amide bonds. The monoisotopic (exact) mass is 618 g/mol. The Bertz CT molecular complexity index is 1430. The Morgan fingerprint density at radius 2 is 1.80 bits per heavy atom. The molecule has 0 aromatic heterocycles. The van der Waals surface area contributed by atoms with E-state index in [0.29, 0.717) is 24.3 Å². The molecule has 44 heavy (non-hydrogen) atoms. The fourth-order valence-corrected chi connectivity index (χ4v) is 7.29. The maximum Gasteiger partial charge on any atom is 0.344 e. The normalized spacial score (nSPS) is 28.6. The molecule has 1 aliphatic heterocycles. The van der Waals surface area contributed by atoms with Crippen LogP contribution in [0.1, 0.15) is 56.6 Å². The number of esters is 2. The maximum atomic E-state index is 13.3. The van der Waals surface area contributed by atoms with Gasteiger partial charge in [0.05, 0.1) is 30.5 Å². The molecule has 1 aromatic carbocycles. The van der Waals surface area contributed by atoms with Crippen molar-refractivity contribution < 1.29 is 68.5 Å². The van der Waals surface area contributed by atoms with Crippen molar-refractivity contribution in [1.82, 2.24) is 0 Å². The number of carboxylic acid groups (broad SMARTS) is 2. The van der Waals surface area contributed by atoms with Crippen LogP contribution >= 0.6 is 0 Å². The number of hydrogen-bond donors (Lipinski definition) is 5. The smallest absolute Gasteiger partial charge is 0.344 e. The number of ketones is 1. The van der Waals surface area contributed by atoms with Crippen molar-refractivity contribution in [1.29, 1.82) is 0 Å². The summed E-state index contributed by atoms with van der Waals surface area (Å²) in [5, 5.41) is 49.7. The second-order valence-electron chi connectivity index (χ2n) is 11.8. The number of rotatable bonds is 12. The second kappa shape index (κ2) is 11.5. The molecule has 1 heterocycles. The summed E-state index contributed by atoms with van der Waals surface area (Å²) in [4.78, 5) is 60.9. The van der Waals surface area contributed by atoms with Gasteiger partial charge in [-0.3, -0.25) is 14.4 Å². The van der Waals surface area contributed by atoms with Crippen LogP contribution in [0.5, 0.6) is 11.5 Å². The summed E-state index contributed by atoms with van der Waals surface area (Å²) in [7, 11) is 1.49. The highest BCUT2D eigenvalue weighted by Gasteiger charge is 2.71. The lowest BCUT2D eigenvalue weighted by Crippen LogP contribution is -2.67. The third kappa shape index (κ3) is 4.90. The second-order valence-corrected chi connectivity index (χ2v) is 11.8. The number of carboxylic acids is 2. The summed E-state index contributed by atoms with van der Waals surface area (Å²) < 4.78 is 22.5. The quantitative estimate of drug-likeness (QED) is 0.200. The van der Waals surface area contributed by atoms with Gasteiger partial charge in [-0.15, -0.1) is 0 Å². The molecule has 5 rings (SSSR count). The van der Waals surface area contributed by atoms with Gasteiger partial charge in [-0.05, 0) is 56.2 Å². The van der Waals surface area contributed by atoms with Crippen LogP contribution in [0.15, 0.2) is 24.0 Å². The Morgan fingerprint density at radius 1 is 1.07 bits per heavy atom. The zero-order valence-electron chi connectivity index (χ0n) is 24.1. The topological polar surface area (TPSA) is 223 Å². The van der Waals surface area contributed by atoms with Crippen molar-refractivity contribution in [2.45, 2.75) is 87.3 Å². The molecule has 14 nitrogen and oxygen atoms in total. The third-order valence-corrected chi connectivity index (χ3v) is 9.42. The van der Waals surface area contributed by atoms with Gasteiger partial charge in [0.25, 0.3) is 0 Å². The molecule has 0 saturated heterocycles. The molecule has 0 unspecified atom stereocenters. The number of benzene rings is 1. The van der Waals surface area contributed by atoms with Gasteiger partial charge in [0.2, 0.25) is 0 Å². The van der Waals surface area contributed by atoms with Crippen LogP contribution in [0.2, 0.25) is 0 Å². The highest BCUT2D eigenvalue weighted by atomic mass is 16.6. The number of aliphatic hydroxyl groups is 3. The van der Waals surface area contributed by atoms with E-state index in [1.807, 2.05) is 6.07 Å². The fraction of sp³-hybridized carbons (Fsp3) is 0.567. The van der Waals surface area contributed by atoms with Gasteiger partial charge >= 0.3 is 23.9 Å². The predicted octanol–water partition coefficient (Wildman–Crippen LogP) is 0.400. The first-order chi connectivity index (χ1) is 20.7. The molecule has 8 atom stereocenters. The number of ether oxygens (including phenoxy) is 4. The average Bonchev–Trinajstić information content (AvgIpc) is 3.32. The van der Waals surface area contributed by atoms with Gasteiger partial charge in [0.15, 0.2) is 35.6 Å². The van der Waals surface area contributed by atoms with Crippen molar-refractivity contribution in [2.24, 2.45) is 11.8 Å². The maximum absolute atomic E-state index is 13.3. The molecule has 1 fully saturated rings. The van der Waals surface area contributed by atoms with Crippen LogP contribution in [0.25, 0.3) is 0 Å². The Morgan fingerprint density at radius 3 is 2.45 bits per heavy atom. The Hall–Kier alpha value is -4.01. The molecule has 4 aliphatic rings. The molecule has 0 radical (unpaired) electrons. The minimum atomic E-state index is -2.49. The number of aliphatic carboxylic acids is 2. The van der Waals surface area contributed by atoms with Crippen molar-refractivity contribution in [3.8, 4) is 11.5 Å². The molecule has 1 spiro atoms. The average molecular weight is 619 g/mol. The van der Waals surface area contributed by atoms with Crippen LogP contribution < -0.4 is 9.47 Å². The molecule has 14 heteroatoms. The van der Waals surface area contributed by atoms with Gasteiger partial charge in [-0.1, -0.05) is 12.5 Å². The predicted molar refractivity (Wildman–Crippen MR) is 144 cm³/mol. The van der Waals surface area contributed by atoms with Crippen LogP contribution in [0.4, 0.5) is 0 Å². The Kier molecular flexibility index (Phi) is 8.20. The molecule has 1 aromatic rings. The first kappa shape index (κ1) is 31.4. The molecule has 2 bridgehead atoms. The lowest BCUT2D eigenvalue weighted by atomic mass is 9.47. The first-order valence-electron chi connectivity index (χ1n) is 14.3. The van der Waals surface area contributed by atoms with Crippen molar-refractivity contribution >= 4 is 29.7 Å². The van der Waals surface area contributed by atoms with Gasteiger partial charge < -0.3 is 44.5 Å². The van der Waals surface area contributed by atoms with Crippen LogP contribution in [-0.2, 0) is 45.3 Å². The number of hydrogen-bond acceptors (Lipinski definition) is 12. The fourth-order valence-electron chi connectivity index (χ4n) is 7.29. The largest absolute Gasteiger partial charge is 0.493 e. The molecule has 3 aliphatic carbocycles. The molecule has 1 saturated carbocycles. The van der Waals surface area contributed by atoms with Gasteiger partial charge in [0, 0.05) is 12.0 Å². The van der Waals surface area contributed by atoms with E-state index in [1.165, 1.54) is 7.11 Å². The Balaban J connectivity index is 1.41. The van der Waals surface area contributed by atoms with E-state index in [1.54, 1.807) is 12.1 Å². The summed E-state index contributed by atoms with van der Waals surface area (Å²) in [5.41, 5.74) is -0.271. The summed E-state index contributed by atoms with van der Waals surface area (Å²) in [6.45, 7) is 1.05. The number of methoxy groups -OCH3 is 1. The van der Waals surface area contributed by atoms with E-state index in [4.69, 9.17) is 29.2 Å². The highest BCUT2D eigenvalue weighted by molar-refractivity contribution is 5.93. The van der Waals surface area contributed by atoms with Crippen molar-refractivity contribution in [2.75, 3.05) is 7.11 Å². The molecular weight excluding hydrogens is 584 g/mol. The molecule has 238 valence electrons. The van der Waals surface area contributed by atoms with Crippen LogP contribution in [-0.4, -0.2) is 92.3 Å². The van der Waals surface area contributed by atoms with Crippen molar-refractivity contribution in [3.63, 3.8) is 0 Å². The third-order valence-electron chi connectivity index (χ3n) is 9.42. The summed E-state index contributed by atoms with van der Waals surface area (Å²) in [5.74, 6) is -7.74. The minimum absolute atomic E-state index is 0.0586. The Labute approximate surface area is 251 Å². The lowest BCUT2D eigenvalue weighted by molar-refractivity contribution is -0.169. The van der Waals surface area contributed by atoms with Gasteiger partial charge in [0.1, 0.15) is 11.9 Å². The molecular formula is C30H34O14. The first-order valence-corrected chi connectivity index (χ1v) is 14.3. The van der Waals surface area contributed by atoms with Gasteiger partial charge in [-0.25, -0.2) is 9.59 Å². The highest BCUT2D eigenvalue weighted by Crippen LogP contribution is 2.67. The van der Waals surface area contributed by atoms with E-state index in [-0.39, 0.29) is 18.1 Å². The summed E-state index contributed by atoms with van der Waals surface area (Å²) in [6, 6.07) is 3.74. The lowest BCUT2D eigenvalue weighted by Gasteiger charge is -2.59. The number of Topliss-reactive ketones (excluding diaryl/α,β-unsaturated/α-hetero) is 1. The minimum Gasteiger partial charge on any atom is -0.493 e. The zero-order valence-corrected chi connectivity index (χ0v) is 24.1. The van der Waals surface area contributed by atoms with E-state index in [2.05, 4.69) is 0 Å². The van der Waals surface area contributed by atoms with E-state index in [0.717, 1.165) is 30.9 Å². The van der Waals surface area contributed by atoms with E-state index >= 15 is 0 Å². The number of carbonyl (C=O) groups is 5. The number of carbonyl (C=O) groups excluding carboxylic acids is 3. The van der Waals surface area contributed by atoms with E-state index in [9.17, 15) is 39.3 Å². The van der Waals surface area contributed by atoms with E-state index < -0.39 is 83.9 Å². The standard InChI is InChI=1S/C30H34O14/c1-13(26(35)36)42-28(39)15(11-17(31)22(33)23(34)27(37)38)12-20(32)43-19-7-9-30(40)16-4-3-8-29(30)21-14(10-16)5-6-18(41-2)24(21)44-25(19)29/h5-7,13,15-16,22-23,25,33-34,40H,3-4,8-12H2,1-2H3,(H,35,36)(H,37,38)/t13-,15-,16-,22-,23+,25+,29+,30-/m0/s1. The van der Waals surface area contributed by atoms with Crippen LogP contribution in [0, 0.1) is 11.8 Å². The summed E-state index contributed by atoms with van der Waals surface area (Å²) in [6.07, 6.45) is -4.72. The molecule has 5 N–H and O–H groups in total.